The summed E-state index contributed by atoms with van der Waals surface area (Å²) in [4.78, 5) is 4.68. The average molecular weight is 595 g/mol. The number of pyridine rings is 1. The van der Waals surface area contributed by atoms with Crippen molar-refractivity contribution in [2.45, 2.75) is 41.5 Å². The molecule has 0 aliphatic carbocycles. The first-order chi connectivity index (χ1) is 22.2. The topological polar surface area (TPSA) is 46.5 Å². The van der Waals surface area contributed by atoms with Gasteiger partial charge >= 0.3 is 0 Å². The Kier molecular flexibility index (Phi) is 6.17. The molecule has 3 aromatic heterocycles. The second-order valence-electron chi connectivity index (χ2n) is 12.9. The van der Waals surface area contributed by atoms with Crippen molar-refractivity contribution in [3.63, 3.8) is 0 Å². The molecule has 46 heavy (non-hydrogen) atoms. The normalized spacial score (nSPS) is 11.7. The van der Waals surface area contributed by atoms with Gasteiger partial charge in [0.15, 0.2) is 0 Å². The van der Waals surface area contributed by atoms with E-state index in [9.17, 15) is 5.26 Å². The predicted octanol–water partition coefficient (Wildman–Crippen LogP) is 10.7. The number of hydrogen-bond acceptors (Lipinski definition) is 2. The Morgan fingerprint density at radius 3 is 1.11 bits per heavy atom. The van der Waals surface area contributed by atoms with Crippen LogP contribution in [0.25, 0.3) is 66.1 Å². The minimum Gasteiger partial charge on any atom is -0.308 e. The summed E-state index contributed by atoms with van der Waals surface area (Å²) in [5.41, 5.74) is 15.5. The van der Waals surface area contributed by atoms with Crippen LogP contribution in [0.1, 0.15) is 39.2 Å². The third-order valence-corrected chi connectivity index (χ3v) is 9.26. The lowest BCUT2D eigenvalue weighted by Crippen LogP contribution is -2.05. The Balaban J connectivity index is 1.60. The number of aromatic nitrogens is 3. The van der Waals surface area contributed by atoms with Gasteiger partial charge in [-0.05, 0) is 123 Å². The van der Waals surface area contributed by atoms with Gasteiger partial charge in [0.05, 0.1) is 33.4 Å². The molecule has 0 amide bonds. The number of aryl methyl sites for hydroxylation is 6. The molecule has 0 spiro atoms. The Labute approximate surface area is 268 Å². The molecule has 222 valence electrons. The minimum atomic E-state index is 0.634. The minimum absolute atomic E-state index is 0.634. The SMILES string of the molecule is Cc1ccc2c3ccc(C)cc3n(-c3cc(-c4cc(C)nc(C)c4)cc(-n4c5cc(C)ccc5c5ccc(C)cc54)c3C#N)c2c1. The number of nitrogens with zero attached hydrogens (tertiary/aromatic N) is 4. The summed E-state index contributed by atoms with van der Waals surface area (Å²) >= 11 is 0. The van der Waals surface area contributed by atoms with E-state index in [0.29, 0.717) is 5.56 Å². The van der Waals surface area contributed by atoms with E-state index in [1.165, 1.54) is 43.8 Å². The highest BCUT2D eigenvalue weighted by atomic mass is 15.0. The number of hydrogen-bond donors (Lipinski definition) is 0. The van der Waals surface area contributed by atoms with Crippen molar-refractivity contribution >= 4 is 43.6 Å². The Hall–Kier alpha value is -5.66. The van der Waals surface area contributed by atoms with E-state index < -0.39 is 0 Å². The van der Waals surface area contributed by atoms with Gasteiger partial charge in [-0.3, -0.25) is 4.98 Å². The largest absolute Gasteiger partial charge is 0.308 e. The molecule has 0 unspecified atom stereocenters. The van der Waals surface area contributed by atoms with Crippen LogP contribution in [0.5, 0.6) is 0 Å². The van der Waals surface area contributed by atoms with Gasteiger partial charge in [-0.15, -0.1) is 0 Å². The third-order valence-electron chi connectivity index (χ3n) is 9.26. The van der Waals surface area contributed by atoms with E-state index in [4.69, 9.17) is 0 Å². The molecule has 0 fully saturated rings. The van der Waals surface area contributed by atoms with Gasteiger partial charge in [0, 0.05) is 32.9 Å². The summed E-state index contributed by atoms with van der Waals surface area (Å²) in [6, 6.07) is 37.9. The molecule has 4 heteroatoms. The zero-order valence-electron chi connectivity index (χ0n) is 27.0. The van der Waals surface area contributed by atoms with Crippen molar-refractivity contribution in [2.24, 2.45) is 0 Å². The number of benzene rings is 5. The summed E-state index contributed by atoms with van der Waals surface area (Å²) in [7, 11) is 0. The van der Waals surface area contributed by atoms with E-state index >= 15 is 0 Å². The summed E-state index contributed by atoms with van der Waals surface area (Å²) in [6.45, 7) is 12.6. The molecule has 8 aromatic rings. The zero-order valence-corrected chi connectivity index (χ0v) is 27.0. The highest BCUT2D eigenvalue weighted by Gasteiger charge is 2.23. The van der Waals surface area contributed by atoms with Crippen molar-refractivity contribution in [2.75, 3.05) is 0 Å². The van der Waals surface area contributed by atoms with E-state index in [1.807, 2.05) is 13.8 Å². The molecular weight excluding hydrogens is 560 g/mol. The standard InChI is InChI=1S/C42H34N4/c1-24-7-11-32-33-12-8-25(2)16-38(33)45(37(32)15-24)41-21-31(30-19-28(5)44-29(6)20-30)22-42(36(41)23-43)46-39-17-26(3)9-13-34(39)35-14-10-27(4)18-40(35)46/h7-22H,1-6H3. The summed E-state index contributed by atoms with van der Waals surface area (Å²) in [5.74, 6) is 0. The molecule has 0 aliphatic heterocycles. The van der Waals surface area contributed by atoms with E-state index in [-0.39, 0.29) is 0 Å². The monoisotopic (exact) mass is 594 g/mol. The van der Waals surface area contributed by atoms with Crippen LogP contribution >= 0.6 is 0 Å². The van der Waals surface area contributed by atoms with Gasteiger partial charge in [0.2, 0.25) is 0 Å². The van der Waals surface area contributed by atoms with Crippen molar-refractivity contribution in [3.05, 3.63) is 136 Å². The molecule has 0 radical (unpaired) electrons. The molecule has 3 heterocycles. The van der Waals surface area contributed by atoms with Crippen LogP contribution in [-0.2, 0) is 0 Å². The van der Waals surface area contributed by atoms with Crippen LogP contribution in [0.2, 0.25) is 0 Å². The maximum atomic E-state index is 11.2. The average Bonchev–Trinajstić information content (AvgIpc) is 3.50. The van der Waals surface area contributed by atoms with E-state index in [1.54, 1.807) is 0 Å². The van der Waals surface area contributed by atoms with Crippen LogP contribution in [0.15, 0.2) is 97.1 Å². The second kappa shape index (κ2) is 10.2. The molecule has 4 nitrogen and oxygen atoms in total. The predicted molar refractivity (Wildman–Crippen MR) is 191 cm³/mol. The Morgan fingerprint density at radius 2 is 0.783 bits per heavy atom. The third kappa shape index (κ3) is 4.24. The quantitative estimate of drug-likeness (QED) is 0.204. The van der Waals surface area contributed by atoms with Crippen LogP contribution < -0.4 is 0 Å². The lowest BCUT2D eigenvalue weighted by molar-refractivity contribution is 1.11. The smallest absolute Gasteiger partial charge is 0.104 e. The highest BCUT2D eigenvalue weighted by Crippen LogP contribution is 2.41. The van der Waals surface area contributed by atoms with Crippen molar-refractivity contribution in [1.29, 1.82) is 5.26 Å². The summed E-state index contributed by atoms with van der Waals surface area (Å²) in [5, 5.41) is 15.9. The molecule has 0 saturated carbocycles. The number of rotatable bonds is 3. The summed E-state index contributed by atoms with van der Waals surface area (Å²) < 4.78 is 4.61. The van der Waals surface area contributed by atoms with Crippen LogP contribution in [-0.4, -0.2) is 14.1 Å². The molecule has 8 rings (SSSR count). The van der Waals surface area contributed by atoms with Gasteiger partial charge in [-0.25, -0.2) is 0 Å². The second-order valence-corrected chi connectivity index (χ2v) is 12.9. The Bertz CT molecular complexity index is 2320. The summed E-state index contributed by atoms with van der Waals surface area (Å²) in [6.07, 6.45) is 0. The van der Waals surface area contributed by atoms with E-state index in [0.717, 1.165) is 56.0 Å². The zero-order chi connectivity index (χ0) is 31.9. The van der Waals surface area contributed by atoms with Crippen LogP contribution in [0.3, 0.4) is 0 Å². The molecular formula is C42H34N4. The van der Waals surface area contributed by atoms with Crippen molar-refractivity contribution in [3.8, 4) is 28.6 Å². The van der Waals surface area contributed by atoms with Crippen LogP contribution in [0, 0.1) is 52.9 Å². The lowest BCUT2D eigenvalue weighted by Gasteiger charge is -2.19. The van der Waals surface area contributed by atoms with Gasteiger partial charge < -0.3 is 9.13 Å². The lowest BCUT2D eigenvalue weighted by atomic mass is 9.99. The Morgan fingerprint density at radius 1 is 0.457 bits per heavy atom. The first kappa shape index (κ1) is 27.9. The van der Waals surface area contributed by atoms with Gasteiger partial charge in [-0.1, -0.05) is 48.5 Å². The molecule has 0 saturated heterocycles. The molecule has 0 bridgehead atoms. The van der Waals surface area contributed by atoms with E-state index in [2.05, 4.69) is 145 Å². The molecule has 0 aliphatic rings. The molecule has 5 aromatic carbocycles. The van der Waals surface area contributed by atoms with Crippen molar-refractivity contribution in [1.82, 2.24) is 14.1 Å². The molecule has 0 atom stereocenters. The van der Waals surface area contributed by atoms with Crippen LogP contribution in [0.4, 0.5) is 0 Å². The molecule has 0 N–H and O–H groups in total. The van der Waals surface area contributed by atoms with Gasteiger partial charge in [-0.2, -0.15) is 5.26 Å². The fourth-order valence-corrected chi connectivity index (χ4v) is 7.24. The van der Waals surface area contributed by atoms with Gasteiger partial charge in [0.25, 0.3) is 0 Å². The number of nitriles is 1. The first-order valence-corrected chi connectivity index (χ1v) is 15.8. The maximum absolute atomic E-state index is 11.2. The highest BCUT2D eigenvalue weighted by molar-refractivity contribution is 6.11. The van der Waals surface area contributed by atoms with Gasteiger partial charge in [0.1, 0.15) is 11.6 Å². The maximum Gasteiger partial charge on any atom is 0.104 e. The fourth-order valence-electron chi connectivity index (χ4n) is 7.24. The fraction of sp³-hybridized carbons (Fsp3) is 0.143. The first-order valence-electron chi connectivity index (χ1n) is 15.8. The van der Waals surface area contributed by atoms with Crippen molar-refractivity contribution < 1.29 is 0 Å². The number of fused-ring (bicyclic) bond motifs is 6.